The van der Waals surface area contributed by atoms with Crippen LogP contribution in [0.15, 0.2) is 52.4 Å². The lowest BCUT2D eigenvalue weighted by Crippen LogP contribution is -2.24. The zero-order chi connectivity index (χ0) is 22.1. The average Bonchev–Trinajstić information content (AvgIpc) is 3.05. The molecule has 0 fully saturated rings. The molecule has 2 heterocycles. The van der Waals surface area contributed by atoms with Crippen LogP contribution in [0.1, 0.15) is 6.92 Å². The van der Waals surface area contributed by atoms with Crippen molar-refractivity contribution in [3.8, 4) is 5.75 Å². The van der Waals surface area contributed by atoms with E-state index in [9.17, 15) is 9.59 Å². The van der Waals surface area contributed by atoms with E-state index in [4.69, 9.17) is 21.3 Å². The van der Waals surface area contributed by atoms with Crippen molar-refractivity contribution in [3.63, 3.8) is 0 Å². The van der Waals surface area contributed by atoms with Crippen molar-refractivity contribution in [1.29, 1.82) is 0 Å². The van der Waals surface area contributed by atoms with Crippen molar-refractivity contribution >= 4 is 56.9 Å². The monoisotopic (exact) mass is 456 g/mol. The predicted molar refractivity (Wildman–Crippen MR) is 126 cm³/mol. The number of carbonyl (C=O) groups is 1. The van der Waals surface area contributed by atoms with Gasteiger partial charge in [0.25, 0.3) is 5.56 Å². The molecular weight excluding hydrogens is 436 g/mol. The third-order valence-corrected chi connectivity index (χ3v) is 6.37. The summed E-state index contributed by atoms with van der Waals surface area (Å²) >= 11 is 7.33. The van der Waals surface area contributed by atoms with Crippen molar-refractivity contribution in [2.24, 2.45) is 7.05 Å². The Morgan fingerprint density at radius 1 is 1.26 bits per heavy atom. The first kappa shape index (κ1) is 21.3. The molecule has 0 saturated carbocycles. The molecule has 9 heteroatoms. The number of para-hydroxylation sites is 1. The quantitative estimate of drug-likeness (QED) is 0.345. The second-order valence-electron chi connectivity index (χ2n) is 6.90. The SMILES string of the molecule is CCn1c(SCC(=O)Nc2ccccc2Cl)nc2c3cc(OC)ccc3n(C)c2c1=O. The molecule has 0 atom stereocenters. The second kappa shape index (κ2) is 8.64. The summed E-state index contributed by atoms with van der Waals surface area (Å²) in [5.41, 5.74) is 2.42. The number of thioether (sulfide) groups is 1. The van der Waals surface area contributed by atoms with Gasteiger partial charge in [0, 0.05) is 19.0 Å². The van der Waals surface area contributed by atoms with E-state index in [1.54, 1.807) is 35.9 Å². The number of hydrogen-bond donors (Lipinski definition) is 1. The summed E-state index contributed by atoms with van der Waals surface area (Å²) in [7, 11) is 3.45. The van der Waals surface area contributed by atoms with Crippen LogP contribution < -0.4 is 15.6 Å². The molecule has 4 aromatic rings. The van der Waals surface area contributed by atoms with Gasteiger partial charge in [-0.1, -0.05) is 35.5 Å². The number of aromatic nitrogens is 3. The highest BCUT2D eigenvalue weighted by Crippen LogP contribution is 2.30. The van der Waals surface area contributed by atoms with Crippen LogP contribution in [0.3, 0.4) is 0 Å². The number of nitrogens with one attached hydrogen (secondary N) is 1. The smallest absolute Gasteiger partial charge is 0.278 e. The molecule has 0 aliphatic rings. The second-order valence-corrected chi connectivity index (χ2v) is 8.25. The van der Waals surface area contributed by atoms with Gasteiger partial charge in [0.2, 0.25) is 5.91 Å². The first-order valence-electron chi connectivity index (χ1n) is 9.68. The van der Waals surface area contributed by atoms with Gasteiger partial charge >= 0.3 is 0 Å². The molecule has 160 valence electrons. The molecule has 0 spiro atoms. The lowest BCUT2D eigenvalue weighted by atomic mass is 10.2. The van der Waals surface area contributed by atoms with Crippen molar-refractivity contribution in [3.05, 3.63) is 57.8 Å². The minimum Gasteiger partial charge on any atom is -0.497 e. The Kier molecular flexibility index (Phi) is 5.93. The van der Waals surface area contributed by atoms with Crippen LogP contribution in [0.2, 0.25) is 5.02 Å². The summed E-state index contributed by atoms with van der Waals surface area (Å²) in [5, 5.41) is 4.58. The van der Waals surface area contributed by atoms with E-state index in [-0.39, 0.29) is 17.2 Å². The molecule has 4 rings (SSSR count). The van der Waals surface area contributed by atoms with Crippen LogP contribution in [0.5, 0.6) is 5.75 Å². The van der Waals surface area contributed by atoms with Crippen LogP contribution in [-0.4, -0.2) is 32.9 Å². The largest absolute Gasteiger partial charge is 0.497 e. The molecule has 0 aliphatic heterocycles. The summed E-state index contributed by atoms with van der Waals surface area (Å²) in [6.45, 7) is 2.33. The Morgan fingerprint density at radius 3 is 2.74 bits per heavy atom. The van der Waals surface area contributed by atoms with Gasteiger partial charge in [-0.2, -0.15) is 0 Å². The molecule has 0 radical (unpaired) electrons. The van der Waals surface area contributed by atoms with Crippen LogP contribution in [0.25, 0.3) is 21.9 Å². The molecule has 1 amide bonds. The predicted octanol–water partition coefficient (Wildman–Crippen LogP) is 4.30. The summed E-state index contributed by atoms with van der Waals surface area (Å²) < 4.78 is 8.78. The van der Waals surface area contributed by atoms with Gasteiger partial charge in [0.1, 0.15) is 16.8 Å². The van der Waals surface area contributed by atoms with Crippen LogP contribution in [-0.2, 0) is 18.4 Å². The van der Waals surface area contributed by atoms with Gasteiger partial charge < -0.3 is 14.6 Å². The average molecular weight is 457 g/mol. The summed E-state index contributed by atoms with van der Waals surface area (Å²) in [6.07, 6.45) is 0. The van der Waals surface area contributed by atoms with E-state index in [1.165, 1.54) is 11.8 Å². The summed E-state index contributed by atoms with van der Waals surface area (Å²) in [4.78, 5) is 30.5. The maximum atomic E-state index is 13.2. The van der Waals surface area contributed by atoms with Crippen LogP contribution in [0.4, 0.5) is 5.69 Å². The van der Waals surface area contributed by atoms with Gasteiger partial charge in [-0.25, -0.2) is 4.98 Å². The van der Waals surface area contributed by atoms with E-state index in [1.807, 2.05) is 36.7 Å². The number of hydrogen-bond acceptors (Lipinski definition) is 5. The standard InChI is InChI=1S/C22H21ClN4O3S/c1-4-27-21(29)20-19(14-11-13(30-3)9-10-17(14)26(20)2)25-22(27)31-12-18(28)24-16-8-6-5-7-15(16)23/h5-11H,4,12H2,1-3H3,(H,24,28). The van der Waals surface area contributed by atoms with E-state index in [2.05, 4.69) is 5.32 Å². The fraction of sp³-hybridized carbons (Fsp3) is 0.227. The number of methoxy groups -OCH3 is 1. The molecule has 0 unspecified atom stereocenters. The minimum atomic E-state index is -0.227. The number of aryl methyl sites for hydroxylation is 1. The highest BCUT2D eigenvalue weighted by molar-refractivity contribution is 7.99. The topological polar surface area (TPSA) is 78.2 Å². The molecule has 1 N–H and O–H groups in total. The van der Waals surface area contributed by atoms with E-state index < -0.39 is 0 Å². The summed E-state index contributed by atoms with van der Waals surface area (Å²) in [5.74, 6) is 0.557. The van der Waals surface area contributed by atoms with Crippen molar-refractivity contribution in [2.45, 2.75) is 18.6 Å². The van der Waals surface area contributed by atoms with Crippen LogP contribution in [0, 0.1) is 0 Å². The first-order chi connectivity index (χ1) is 14.9. The Morgan fingerprint density at radius 2 is 2.03 bits per heavy atom. The molecule has 2 aromatic carbocycles. The highest BCUT2D eigenvalue weighted by Gasteiger charge is 2.19. The number of amides is 1. The van der Waals surface area contributed by atoms with Gasteiger partial charge in [-0.05, 0) is 37.3 Å². The third kappa shape index (κ3) is 3.88. The van der Waals surface area contributed by atoms with E-state index in [0.717, 1.165) is 10.9 Å². The molecule has 2 aromatic heterocycles. The number of rotatable bonds is 6. The van der Waals surface area contributed by atoms with Crippen molar-refractivity contribution in [1.82, 2.24) is 14.1 Å². The van der Waals surface area contributed by atoms with Gasteiger partial charge in [0.05, 0.1) is 29.1 Å². The zero-order valence-corrected chi connectivity index (χ0v) is 18.9. The number of anilines is 1. The Labute approximate surface area is 188 Å². The molecule has 31 heavy (non-hydrogen) atoms. The third-order valence-electron chi connectivity index (χ3n) is 5.06. The molecule has 0 saturated heterocycles. The maximum absolute atomic E-state index is 13.2. The van der Waals surface area contributed by atoms with E-state index >= 15 is 0 Å². The number of carbonyl (C=O) groups excluding carboxylic acids is 1. The zero-order valence-electron chi connectivity index (χ0n) is 17.3. The molecule has 0 aliphatic carbocycles. The minimum absolute atomic E-state index is 0.0945. The number of nitrogens with zero attached hydrogens (tertiary/aromatic N) is 3. The molecule has 7 nitrogen and oxygen atoms in total. The van der Waals surface area contributed by atoms with Gasteiger partial charge in [-0.15, -0.1) is 0 Å². The van der Waals surface area contributed by atoms with Gasteiger partial charge in [0.15, 0.2) is 5.16 Å². The number of fused-ring (bicyclic) bond motifs is 3. The Bertz CT molecular complexity index is 1360. The molecular formula is C22H21ClN4O3S. The van der Waals surface area contributed by atoms with Crippen molar-refractivity contribution < 1.29 is 9.53 Å². The maximum Gasteiger partial charge on any atom is 0.278 e. The fourth-order valence-corrected chi connectivity index (χ4v) is 4.57. The van der Waals surface area contributed by atoms with Crippen molar-refractivity contribution in [2.75, 3.05) is 18.2 Å². The van der Waals surface area contributed by atoms with E-state index in [0.29, 0.717) is 39.2 Å². The highest BCUT2D eigenvalue weighted by atomic mass is 35.5. The normalized spacial score (nSPS) is 11.2. The molecule has 0 bridgehead atoms. The fourth-order valence-electron chi connectivity index (χ4n) is 3.53. The number of halogens is 1. The lowest BCUT2D eigenvalue weighted by molar-refractivity contribution is -0.113. The summed E-state index contributed by atoms with van der Waals surface area (Å²) in [6, 6.07) is 12.7. The number of benzene rings is 2. The first-order valence-corrected chi connectivity index (χ1v) is 11.0. The Balaban J connectivity index is 1.72. The van der Waals surface area contributed by atoms with Gasteiger partial charge in [-0.3, -0.25) is 14.2 Å². The van der Waals surface area contributed by atoms with Crippen LogP contribution >= 0.6 is 23.4 Å². The Hall–Kier alpha value is -2.97. The lowest BCUT2D eigenvalue weighted by Gasteiger charge is -2.11. The number of ether oxygens (including phenoxy) is 1.